The summed E-state index contributed by atoms with van der Waals surface area (Å²) in [5.74, 6) is -1.56. The number of para-hydroxylation sites is 1. The molecule has 5 rings (SSSR count). The summed E-state index contributed by atoms with van der Waals surface area (Å²) in [4.78, 5) is 28.2. The van der Waals surface area contributed by atoms with E-state index in [4.69, 9.17) is 9.47 Å². The van der Waals surface area contributed by atoms with E-state index in [2.05, 4.69) is 6.92 Å². The molecule has 2 bridgehead atoms. The number of nitrogens with zero attached hydrogens (tertiary/aromatic N) is 1. The number of carbonyl (C=O) groups is 2. The summed E-state index contributed by atoms with van der Waals surface area (Å²) in [6.45, 7) is 2.70. The van der Waals surface area contributed by atoms with E-state index >= 15 is 0 Å². The first-order valence-electron chi connectivity index (χ1n) is 10.1. The molecule has 3 aliphatic rings. The van der Waals surface area contributed by atoms with Gasteiger partial charge in [-0.25, -0.2) is 0 Å². The van der Waals surface area contributed by atoms with Gasteiger partial charge in [0.1, 0.15) is 18.1 Å². The molecule has 0 saturated carbocycles. The van der Waals surface area contributed by atoms with E-state index in [1.54, 1.807) is 4.90 Å². The van der Waals surface area contributed by atoms with Crippen LogP contribution in [0.4, 0.5) is 5.69 Å². The molecule has 5 heteroatoms. The fourth-order valence-corrected chi connectivity index (χ4v) is 4.87. The van der Waals surface area contributed by atoms with Crippen LogP contribution in [0.2, 0.25) is 0 Å². The zero-order valence-corrected chi connectivity index (χ0v) is 16.3. The van der Waals surface area contributed by atoms with Gasteiger partial charge in [-0.1, -0.05) is 67.6 Å². The number of aryl methyl sites for hydroxylation is 1. The van der Waals surface area contributed by atoms with E-state index < -0.39 is 23.5 Å². The maximum absolute atomic E-state index is 13.4. The van der Waals surface area contributed by atoms with Gasteiger partial charge >= 0.3 is 5.97 Å². The van der Waals surface area contributed by atoms with Crippen LogP contribution in [0.1, 0.15) is 18.1 Å². The molecule has 2 fully saturated rings. The molecule has 2 saturated heterocycles. The minimum atomic E-state index is -0.737. The zero-order valence-electron chi connectivity index (χ0n) is 16.3. The quantitative estimate of drug-likeness (QED) is 0.582. The van der Waals surface area contributed by atoms with Crippen molar-refractivity contribution in [3.8, 4) is 0 Å². The van der Waals surface area contributed by atoms with Gasteiger partial charge in [-0.15, -0.1) is 0 Å². The highest BCUT2D eigenvalue weighted by atomic mass is 16.6. The Morgan fingerprint density at radius 3 is 2.72 bits per heavy atom. The predicted octanol–water partition coefficient (Wildman–Crippen LogP) is 3.28. The summed E-state index contributed by atoms with van der Waals surface area (Å²) in [6, 6.07) is 17.5. The van der Waals surface area contributed by atoms with Crippen molar-refractivity contribution >= 4 is 17.6 Å². The predicted molar refractivity (Wildman–Crippen MR) is 108 cm³/mol. The van der Waals surface area contributed by atoms with Crippen molar-refractivity contribution < 1.29 is 19.1 Å². The standard InChI is InChI=1S/C24H23NO4/c1-2-17-10-6-7-11-18(17)25-15-24-13-12-19(29-24)20(21(24)22(25)26)23(27)28-14-16-8-4-3-5-9-16/h3-13,19-21H,2,14-15H2,1H3/t19-,20+,21-,24+/m1/s1. The summed E-state index contributed by atoms with van der Waals surface area (Å²) >= 11 is 0. The summed E-state index contributed by atoms with van der Waals surface area (Å²) in [7, 11) is 0. The number of ether oxygens (including phenoxy) is 2. The van der Waals surface area contributed by atoms with Crippen molar-refractivity contribution in [2.45, 2.75) is 31.7 Å². The van der Waals surface area contributed by atoms with Crippen molar-refractivity contribution in [3.63, 3.8) is 0 Å². The Bertz CT molecular complexity index is 985. The number of hydrogen-bond donors (Lipinski definition) is 0. The Labute approximate surface area is 169 Å². The fraction of sp³-hybridized carbons (Fsp3) is 0.333. The van der Waals surface area contributed by atoms with E-state index in [0.717, 1.165) is 23.2 Å². The van der Waals surface area contributed by atoms with Crippen molar-refractivity contribution in [2.75, 3.05) is 11.4 Å². The molecule has 1 spiro atoms. The molecule has 4 atom stereocenters. The van der Waals surface area contributed by atoms with E-state index in [1.807, 2.05) is 66.7 Å². The average molecular weight is 389 g/mol. The monoisotopic (exact) mass is 389 g/mol. The van der Waals surface area contributed by atoms with Gasteiger partial charge in [-0.3, -0.25) is 9.59 Å². The van der Waals surface area contributed by atoms with E-state index in [1.165, 1.54) is 0 Å². The van der Waals surface area contributed by atoms with Crippen LogP contribution in [-0.4, -0.2) is 30.1 Å². The molecule has 2 aromatic rings. The molecule has 0 N–H and O–H groups in total. The second-order valence-electron chi connectivity index (χ2n) is 7.90. The molecular weight excluding hydrogens is 366 g/mol. The molecule has 1 amide bonds. The van der Waals surface area contributed by atoms with Crippen molar-refractivity contribution in [2.24, 2.45) is 11.8 Å². The van der Waals surface area contributed by atoms with Gasteiger partial charge in [-0.2, -0.15) is 0 Å². The third-order valence-corrected chi connectivity index (χ3v) is 6.26. The van der Waals surface area contributed by atoms with Crippen LogP contribution in [0.5, 0.6) is 0 Å². The van der Waals surface area contributed by atoms with Gasteiger partial charge in [-0.05, 0) is 23.6 Å². The number of benzene rings is 2. The van der Waals surface area contributed by atoms with Gasteiger partial charge in [0.15, 0.2) is 0 Å². The zero-order chi connectivity index (χ0) is 20.0. The highest BCUT2D eigenvalue weighted by Crippen LogP contribution is 2.53. The first kappa shape index (κ1) is 18.1. The van der Waals surface area contributed by atoms with Gasteiger partial charge < -0.3 is 14.4 Å². The fourth-order valence-electron chi connectivity index (χ4n) is 4.87. The Hall–Kier alpha value is -2.92. The summed E-state index contributed by atoms with van der Waals surface area (Å²) in [5, 5.41) is 0. The van der Waals surface area contributed by atoms with Crippen LogP contribution < -0.4 is 4.90 Å². The van der Waals surface area contributed by atoms with Crippen LogP contribution in [0.25, 0.3) is 0 Å². The van der Waals surface area contributed by atoms with Crippen LogP contribution in [0.3, 0.4) is 0 Å². The van der Waals surface area contributed by atoms with Gasteiger partial charge in [0, 0.05) is 5.69 Å². The SMILES string of the molecule is CCc1ccccc1N1C[C@]23C=C[C@@H](O2)[C@H](C(=O)OCc2ccccc2)[C@@H]3C1=O. The lowest BCUT2D eigenvalue weighted by Gasteiger charge is -2.23. The van der Waals surface area contributed by atoms with Gasteiger partial charge in [0.2, 0.25) is 5.91 Å². The molecule has 3 aliphatic heterocycles. The third kappa shape index (κ3) is 2.80. The number of carbonyl (C=O) groups excluding carboxylic acids is 2. The normalized spacial score (nSPS) is 29.3. The Kier molecular flexibility index (Phi) is 4.28. The molecule has 0 aliphatic carbocycles. The van der Waals surface area contributed by atoms with E-state index in [0.29, 0.717) is 6.54 Å². The second kappa shape index (κ2) is 6.85. The van der Waals surface area contributed by atoms with Gasteiger partial charge in [0.05, 0.1) is 18.6 Å². The molecule has 0 unspecified atom stereocenters. The minimum absolute atomic E-state index is 0.0561. The molecular formula is C24H23NO4. The van der Waals surface area contributed by atoms with Crippen LogP contribution in [0, 0.1) is 11.8 Å². The van der Waals surface area contributed by atoms with Crippen LogP contribution >= 0.6 is 0 Å². The Balaban J connectivity index is 1.40. The van der Waals surface area contributed by atoms with E-state index in [9.17, 15) is 9.59 Å². The lowest BCUT2D eigenvalue weighted by molar-refractivity contribution is -0.153. The minimum Gasteiger partial charge on any atom is -0.460 e. The average Bonchev–Trinajstić information content (AvgIpc) is 3.41. The van der Waals surface area contributed by atoms with Crippen LogP contribution in [-0.2, 0) is 32.1 Å². The first-order chi connectivity index (χ1) is 14.1. The molecule has 148 valence electrons. The number of fused-ring (bicyclic) bond motifs is 1. The van der Waals surface area contributed by atoms with Crippen molar-refractivity contribution in [3.05, 3.63) is 77.9 Å². The number of rotatable bonds is 5. The Morgan fingerprint density at radius 2 is 1.93 bits per heavy atom. The third-order valence-electron chi connectivity index (χ3n) is 6.26. The first-order valence-corrected chi connectivity index (χ1v) is 10.1. The lowest BCUT2D eigenvalue weighted by atomic mass is 9.77. The largest absolute Gasteiger partial charge is 0.460 e. The Morgan fingerprint density at radius 1 is 1.17 bits per heavy atom. The summed E-state index contributed by atoms with van der Waals surface area (Å²) in [5.41, 5.74) is 2.20. The van der Waals surface area contributed by atoms with Crippen molar-refractivity contribution in [1.82, 2.24) is 0 Å². The molecule has 0 radical (unpaired) electrons. The summed E-state index contributed by atoms with van der Waals surface area (Å²) < 4.78 is 11.8. The highest BCUT2D eigenvalue weighted by molar-refractivity contribution is 6.03. The molecule has 0 aromatic heterocycles. The molecule has 3 heterocycles. The van der Waals surface area contributed by atoms with Gasteiger partial charge in [0.25, 0.3) is 0 Å². The molecule has 29 heavy (non-hydrogen) atoms. The number of amides is 1. The van der Waals surface area contributed by atoms with Crippen LogP contribution in [0.15, 0.2) is 66.7 Å². The molecule has 5 nitrogen and oxygen atoms in total. The highest BCUT2D eigenvalue weighted by Gasteiger charge is 2.67. The number of hydrogen-bond acceptors (Lipinski definition) is 4. The van der Waals surface area contributed by atoms with Crippen molar-refractivity contribution in [1.29, 1.82) is 0 Å². The second-order valence-corrected chi connectivity index (χ2v) is 7.90. The lowest BCUT2D eigenvalue weighted by Crippen LogP contribution is -2.40. The number of anilines is 1. The van der Waals surface area contributed by atoms with E-state index in [-0.39, 0.29) is 18.5 Å². The topological polar surface area (TPSA) is 55.8 Å². The number of esters is 1. The maximum Gasteiger partial charge on any atom is 0.313 e. The molecule has 2 aromatic carbocycles. The summed E-state index contributed by atoms with van der Waals surface area (Å²) in [6.07, 6.45) is 4.32. The smallest absolute Gasteiger partial charge is 0.313 e. The maximum atomic E-state index is 13.4.